The van der Waals surface area contributed by atoms with Crippen molar-refractivity contribution in [3.8, 4) is 0 Å². The third-order valence-corrected chi connectivity index (χ3v) is 4.46. The van der Waals surface area contributed by atoms with Gasteiger partial charge in [0, 0.05) is 5.56 Å². The van der Waals surface area contributed by atoms with E-state index in [1.165, 1.54) is 0 Å². The predicted molar refractivity (Wildman–Crippen MR) is 76.3 cm³/mol. The zero-order valence-corrected chi connectivity index (χ0v) is 13.0. The second-order valence-corrected chi connectivity index (χ2v) is 6.35. The molecule has 1 saturated heterocycles. The van der Waals surface area contributed by atoms with Crippen molar-refractivity contribution in [1.82, 2.24) is 0 Å². The summed E-state index contributed by atoms with van der Waals surface area (Å²) < 4.78 is 53.3. The molecule has 1 aromatic rings. The van der Waals surface area contributed by atoms with Crippen molar-refractivity contribution in [2.75, 3.05) is 6.51 Å². The summed E-state index contributed by atoms with van der Waals surface area (Å²) in [6.45, 7) is 8.34. The molecular weight excluding hydrogens is 280 g/mol. The summed E-state index contributed by atoms with van der Waals surface area (Å²) in [5.41, 5.74) is -1.48. The maximum absolute atomic E-state index is 14.4. The number of benzene rings is 1. The summed E-state index contributed by atoms with van der Waals surface area (Å²) in [4.78, 5) is 0. The van der Waals surface area contributed by atoms with Gasteiger partial charge >= 0.3 is 6.92 Å². The van der Waals surface area contributed by atoms with E-state index in [2.05, 4.69) is 0 Å². The van der Waals surface area contributed by atoms with Crippen molar-refractivity contribution < 1.29 is 22.6 Å². The summed E-state index contributed by atoms with van der Waals surface area (Å²) in [7, 11) is 0. The highest BCUT2D eigenvalue weighted by Gasteiger charge is 2.47. The summed E-state index contributed by atoms with van der Waals surface area (Å²) in [6, 6.07) is 0.867. The van der Waals surface area contributed by atoms with Gasteiger partial charge in [0.05, 0.1) is 17.7 Å². The van der Waals surface area contributed by atoms with E-state index >= 15 is 0 Å². The van der Waals surface area contributed by atoms with Crippen LogP contribution in [-0.4, -0.2) is 24.6 Å². The lowest BCUT2D eigenvalue weighted by Crippen LogP contribution is -2.62. The van der Waals surface area contributed by atoms with Gasteiger partial charge in [-0.25, -0.2) is 13.2 Å². The molecule has 1 aliphatic rings. The van der Waals surface area contributed by atoms with Crippen molar-refractivity contribution in [2.24, 2.45) is 0 Å². The minimum Gasteiger partial charge on any atom is -0.421 e. The van der Waals surface area contributed by atoms with Crippen molar-refractivity contribution in [1.29, 1.82) is 0 Å². The Morgan fingerprint density at radius 2 is 1.71 bits per heavy atom. The topological polar surface area (TPSA) is 18.5 Å². The van der Waals surface area contributed by atoms with Gasteiger partial charge in [-0.1, -0.05) is 6.92 Å². The second kappa shape index (κ2) is 5.32. The van der Waals surface area contributed by atoms with Crippen molar-refractivity contribution in [3.63, 3.8) is 0 Å². The minimum absolute atomic E-state index is 0.00863. The lowest BCUT2D eigenvalue weighted by atomic mass is 9.58. The molecule has 0 amide bonds. The first-order chi connectivity index (χ1) is 9.60. The van der Waals surface area contributed by atoms with Gasteiger partial charge in [-0.15, -0.1) is 0 Å². The zero-order valence-electron chi connectivity index (χ0n) is 13.0. The van der Waals surface area contributed by atoms with Gasteiger partial charge < -0.3 is 9.39 Å². The number of hydrogen-bond acceptors (Lipinski definition) is 2. The van der Waals surface area contributed by atoms with Crippen LogP contribution in [0.15, 0.2) is 6.07 Å². The predicted octanol–water partition coefficient (Wildman–Crippen LogP) is 3.01. The zero-order chi connectivity index (χ0) is 16.0. The molecule has 0 aliphatic carbocycles. The molecule has 1 aromatic carbocycles. The van der Waals surface area contributed by atoms with E-state index in [9.17, 15) is 13.2 Å². The summed E-state index contributed by atoms with van der Waals surface area (Å²) in [5, 5.41) is 0. The third-order valence-electron chi connectivity index (χ3n) is 4.46. The molecule has 1 aliphatic heterocycles. The lowest BCUT2D eigenvalue weighted by Gasteiger charge is -2.47. The largest absolute Gasteiger partial charge is 0.421 e. The first kappa shape index (κ1) is 16.4. The Balaban J connectivity index is 2.43. The van der Waals surface area contributed by atoms with Crippen LogP contribution in [0, 0.1) is 17.5 Å². The van der Waals surface area contributed by atoms with Crippen LogP contribution < -0.4 is 5.46 Å². The van der Waals surface area contributed by atoms with Crippen LogP contribution in [0.2, 0.25) is 0 Å². The molecule has 0 aromatic heterocycles. The Labute approximate surface area is 123 Å². The molecular formula is C15H20BF3O2. The molecule has 0 bridgehead atoms. The molecule has 1 heterocycles. The summed E-state index contributed by atoms with van der Waals surface area (Å²) >= 11 is 0. The molecule has 0 spiro atoms. The van der Waals surface area contributed by atoms with E-state index < -0.39 is 35.6 Å². The molecule has 0 unspecified atom stereocenters. The molecule has 21 heavy (non-hydrogen) atoms. The van der Waals surface area contributed by atoms with Crippen LogP contribution >= 0.6 is 0 Å². The molecule has 1 fully saturated rings. The van der Waals surface area contributed by atoms with Crippen molar-refractivity contribution in [3.05, 3.63) is 29.1 Å². The maximum Gasteiger partial charge on any atom is 0.357 e. The average molecular weight is 300 g/mol. The Bertz CT molecular complexity index is 558. The highest BCUT2D eigenvalue weighted by molar-refractivity contribution is 6.67. The van der Waals surface area contributed by atoms with Crippen LogP contribution in [0.3, 0.4) is 0 Å². The molecule has 0 radical (unpaired) electrons. The second-order valence-electron chi connectivity index (χ2n) is 6.35. The standard InChI is InChI=1S/C15H20BF3O2/c1-6-9-12(18)10(7-11(17)13(9)19)16-8-20-14(2,3)15(4,5)21-16/h7H,6,8H2,1-5H3. The molecule has 116 valence electrons. The van der Waals surface area contributed by atoms with Gasteiger partial charge in [0.1, 0.15) is 5.82 Å². The molecule has 0 N–H and O–H groups in total. The molecule has 2 rings (SSSR count). The highest BCUT2D eigenvalue weighted by atomic mass is 19.2. The Morgan fingerprint density at radius 1 is 1.10 bits per heavy atom. The number of rotatable bonds is 2. The Hall–Kier alpha value is -1.01. The van der Waals surface area contributed by atoms with E-state index in [1.54, 1.807) is 6.92 Å². The van der Waals surface area contributed by atoms with Gasteiger partial charge in [-0.2, -0.15) is 0 Å². The van der Waals surface area contributed by atoms with Crippen LogP contribution in [0.25, 0.3) is 0 Å². The first-order valence-electron chi connectivity index (χ1n) is 7.08. The fourth-order valence-corrected chi connectivity index (χ4v) is 2.37. The maximum atomic E-state index is 14.4. The highest BCUT2D eigenvalue weighted by Crippen LogP contribution is 2.33. The van der Waals surface area contributed by atoms with Gasteiger partial charge in [0.2, 0.25) is 0 Å². The normalized spacial score (nSPS) is 20.7. The van der Waals surface area contributed by atoms with Crippen LogP contribution in [0.4, 0.5) is 13.2 Å². The Kier molecular flexibility index (Phi) is 4.15. The van der Waals surface area contributed by atoms with Crippen molar-refractivity contribution in [2.45, 2.75) is 52.2 Å². The van der Waals surface area contributed by atoms with Gasteiger partial charge in [0.25, 0.3) is 0 Å². The van der Waals surface area contributed by atoms with Crippen LogP contribution in [0.1, 0.15) is 40.2 Å². The summed E-state index contributed by atoms with van der Waals surface area (Å²) in [5.74, 6) is -2.94. The summed E-state index contributed by atoms with van der Waals surface area (Å²) in [6.07, 6.45) is 0.0743. The van der Waals surface area contributed by atoms with Crippen molar-refractivity contribution >= 4 is 12.4 Å². The molecule has 0 atom stereocenters. The minimum atomic E-state index is -1.13. The van der Waals surface area contributed by atoms with Gasteiger partial charge in [-0.05, 0) is 45.6 Å². The molecule has 6 heteroatoms. The molecule has 0 saturated carbocycles. The Morgan fingerprint density at radius 3 is 2.24 bits per heavy atom. The van der Waals surface area contributed by atoms with Gasteiger partial charge in [-0.3, -0.25) is 0 Å². The van der Waals surface area contributed by atoms with E-state index in [0.717, 1.165) is 6.07 Å². The van der Waals surface area contributed by atoms with E-state index in [4.69, 9.17) is 9.39 Å². The van der Waals surface area contributed by atoms with Crippen LogP contribution in [0.5, 0.6) is 0 Å². The number of ether oxygens (including phenoxy) is 1. The first-order valence-corrected chi connectivity index (χ1v) is 7.08. The smallest absolute Gasteiger partial charge is 0.357 e. The number of halogens is 3. The quantitative estimate of drug-likeness (QED) is 0.617. The van der Waals surface area contributed by atoms with Gasteiger partial charge in [0.15, 0.2) is 11.6 Å². The third kappa shape index (κ3) is 2.71. The fourth-order valence-electron chi connectivity index (χ4n) is 2.37. The number of hydrogen-bond donors (Lipinski definition) is 0. The van der Waals surface area contributed by atoms with Crippen LogP contribution in [-0.2, 0) is 15.8 Å². The van der Waals surface area contributed by atoms with E-state index in [-0.39, 0.29) is 24.0 Å². The van der Waals surface area contributed by atoms with E-state index in [0.29, 0.717) is 0 Å². The molecule has 2 nitrogen and oxygen atoms in total. The average Bonchev–Trinajstić information content (AvgIpc) is 2.38. The SMILES string of the molecule is CCc1c(F)c(F)cc(B2COC(C)(C)C(C)(C)O2)c1F. The monoisotopic (exact) mass is 300 g/mol. The fraction of sp³-hybridized carbons (Fsp3) is 0.600. The van der Waals surface area contributed by atoms with E-state index in [1.807, 2.05) is 27.7 Å². The lowest BCUT2D eigenvalue weighted by molar-refractivity contribution is -0.152.